The number of aryl methyl sites for hydroxylation is 1. The molecule has 1 aliphatic heterocycles. The van der Waals surface area contributed by atoms with Gasteiger partial charge in [-0.05, 0) is 63.1 Å². The molecule has 0 unspecified atom stereocenters. The number of aromatic nitrogens is 2. The van der Waals surface area contributed by atoms with E-state index in [1.54, 1.807) is 24.5 Å². The lowest BCUT2D eigenvalue weighted by atomic mass is 9.95. The molecule has 0 spiro atoms. The third-order valence-corrected chi connectivity index (χ3v) is 9.51. The molecule has 1 atom stereocenters. The van der Waals surface area contributed by atoms with E-state index in [9.17, 15) is 9.59 Å². The highest BCUT2D eigenvalue weighted by atomic mass is 35.5. The predicted molar refractivity (Wildman–Crippen MR) is 174 cm³/mol. The van der Waals surface area contributed by atoms with Gasteiger partial charge < -0.3 is 9.30 Å². The minimum atomic E-state index is -0.643. The van der Waals surface area contributed by atoms with E-state index in [4.69, 9.17) is 32.9 Å². The molecule has 2 aromatic heterocycles. The Hall–Kier alpha value is -3.91. The van der Waals surface area contributed by atoms with Gasteiger partial charge in [0.1, 0.15) is 0 Å². The number of benzene rings is 3. The van der Waals surface area contributed by atoms with E-state index >= 15 is 0 Å². The van der Waals surface area contributed by atoms with Crippen molar-refractivity contribution in [3.63, 3.8) is 0 Å². The summed E-state index contributed by atoms with van der Waals surface area (Å²) in [6.07, 6.45) is 1.95. The Morgan fingerprint density at radius 2 is 1.77 bits per heavy atom. The van der Waals surface area contributed by atoms with Crippen LogP contribution in [0.15, 0.2) is 87.8 Å². The van der Waals surface area contributed by atoms with Crippen LogP contribution in [0.2, 0.25) is 10.0 Å². The molecule has 9 heteroatoms. The standard InChI is InChI=1S/C34H29Cl2N3O3S/c1-5-42-33(41)30-20(3)37-34-39(31(30)23-13-10-19(2)11-14-23)32(40)29(43-34)17-25-21(4)38(28-9-7-6-8-24(25)28)18-22-12-15-26(35)27(36)16-22/h6-17,31H,5,18H2,1-4H3/b29-17-/t31-/m1/s1. The molecule has 6 rings (SSSR count). The number of hydrogen-bond acceptors (Lipinski definition) is 5. The highest BCUT2D eigenvalue weighted by Crippen LogP contribution is 2.32. The minimum absolute atomic E-state index is 0.204. The van der Waals surface area contributed by atoms with Gasteiger partial charge in [0.2, 0.25) is 0 Å². The van der Waals surface area contributed by atoms with Gasteiger partial charge in [-0.15, -0.1) is 0 Å². The van der Waals surface area contributed by atoms with Gasteiger partial charge in [-0.2, -0.15) is 0 Å². The highest BCUT2D eigenvalue weighted by Gasteiger charge is 2.33. The topological polar surface area (TPSA) is 65.6 Å². The van der Waals surface area contributed by atoms with Crippen molar-refractivity contribution in [1.29, 1.82) is 0 Å². The van der Waals surface area contributed by atoms with E-state index < -0.39 is 12.0 Å². The molecule has 0 saturated heterocycles. The fraction of sp³-hybridized carbons (Fsp3) is 0.206. The van der Waals surface area contributed by atoms with E-state index in [2.05, 4.69) is 23.6 Å². The summed E-state index contributed by atoms with van der Waals surface area (Å²) in [7, 11) is 0. The summed E-state index contributed by atoms with van der Waals surface area (Å²) in [4.78, 5) is 32.6. The molecule has 0 N–H and O–H groups in total. The first kappa shape index (κ1) is 29.2. The smallest absolute Gasteiger partial charge is 0.338 e. The van der Waals surface area contributed by atoms with Crippen molar-refractivity contribution in [2.75, 3.05) is 6.61 Å². The van der Waals surface area contributed by atoms with Gasteiger partial charge >= 0.3 is 5.97 Å². The average molecular weight is 631 g/mol. The zero-order valence-corrected chi connectivity index (χ0v) is 26.5. The van der Waals surface area contributed by atoms with Crippen LogP contribution in [0.4, 0.5) is 0 Å². The molecule has 218 valence electrons. The quantitative estimate of drug-likeness (QED) is 0.196. The Morgan fingerprint density at radius 3 is 2.49 bits per heavy atom. The molecule has 0 amide bonds. The molecule has 3 heterocycles. The first-order chi connectivity index (χ1) is 20.7. The number of rotatable bonds is 6. The van der Waals surface area contributed by atoms with E-state index in [1.807, 2.05) is 61.5 Å². The van der Waals surface area contributed by atoms with Crippen molar-refractivity contribution < 1.29 is 9.53 Å². The van der Waals surface area contributed by atoms with Gasteiger partial charge in [-0.25, -0.2) is 9.79 Å². The Bertz CT molecular complexity index is 2120. The summed E-state index contributed by atoms with van der Waals surface area (Å²) < 4.78 is 9.80. The number of nitrogens with zero attached hydrogens (tertiary/aromatic N) is 3. The lowest BCUT2D eigenvalue weighted by Gasteiger charge is -2.24. The van der Waals surface area contributed by atoms with Gasteiger partial charge in [0.25, 0.3) is 5.56 Å². The summed E-state index contributed by atoms with van der Waals surface area (Å²) in [5, 5.41) is 2.06. The monoisotopic (exact) mass is 629 g/mol. The third kappa shape index (κ3) is 5.26. The molecule has 1 aliphatic rings. The Morgan fingerprint density at radius 1 is 1.02 bits per heavy atom. The Kier molecular flexibility index (Phi) is 7.90. The van der Waals surface area contributed by atoms with Crippen molar-refractivity contribution in [3.05, 3.63) is 136 Å². The number of allylic oxidation sites excluding steroid dienone is 1. The lowest BCUT2D eigenvalue weighted by Crippen LogP contribution is -2.39. The number of hydrogen-bond donors (Lipinski definition) is 0. The normalized spacial score (nSPS) is 15.1. The average Bonchev–Trinajstić information content (AvgIpc) is 3.43. The second-order valence-corrected chi connectivity index (χ2v) is 12.4. The van der Waals surface area contributed by atoms with Crippen LogP contribution in [-0.4, -0.2) is 21.7 Å². The van der Waals surface area contributed by atoms with Gasteiger partial charge in [-0.3, -0.25) is 9.36 Å². The molecule has 5 aromatic rings. The summed E-state index contributed by atoms with van der Waals surface area (Å²) in [5.74, 6) is -0.468. The van der Waals surface area contributed by atoms with Crippen LogP contribution in [-0.2, 0) is 16.1 Å². The van der Waals surface area contributed by atoms with E-state index in [0.717, 1.165) is 38.9 Å². The first-order valence-corrected chi connectivity index (χ1v) is 15.5. The molecule has 0 radical (unpaired) electrons. The summed E-state index contributed by atoms with van der Waals surface area (Å²) in [6.45, 7) is 8.44. The summed E-state index contributed by atoms with van der Waals surface area (Å²) in [6, 6.07) is 21.0. The fourth-order valence-corrected chi connectivity index (χ4v) is 7.00. The molecular weight excluding hydrogens is 601 g/mol. The van der Waals surface area contributed by atoms with Crippen LogP contribution in [0.25, 0.3) is 17.0 Å². The van der Waals surface area contributed by atoms with E-state index in [0.29, 0.717) is 37.2 Å². The molecule has 3 aromatic carbocycles. The van der Waals surface area contributed by atoms with Crippen molar-refractivity contribution in [1.82, 2.24) is 9.13 Å². The maximum absolute atomic E-state index is 14.2. The van der Waals surface area contributed by atoms with Crippen molar-refractivity contribution in [3.8, 4) is 0 Å². The van der Waals surface area contributed by atoms with Crippen molar-refractivity contribution in [2.24, 2.45) is 4.99 Å². The number of carbonyl (C=O) groups excluding carboxylic acids is 1. The maximum Gasteiger partial charge on any atom is 0.338 e. The van der Waals surface area contributed by atoms with Crippen molar-refractivity contribution in [2.45, 2.75) is 40.3 Å². The first-order valence-electron chi connectivity index (χ1n) is 14.0. The van der Waals surface area contributed by atoms with Crippen LogP contribution in [0.5, 0.6) is 0 Å². The van der Waals surface area contributed by atoms with E-state index in [1.165, 1.54) is 11.3 Å². The highest BCUT2D eigenvalue weighted by molar-refractivity contribution is 7.07. The number of para-hydroxylation sites is 1. The van der Waals surface area contributed by atoms with Gasteiger partial charge in [0.05, 0.1) is 38.5 Å². The minimum Gasteiger partial charge on any atom is -0.463 e. The van der Waals surface area contributed by atoms with Gasteiger partial charge in [0.15, 0.2) is 4.80 Å². The van der Waals surface area contributed by atoms with Crippen molar-refractivity contribution >= 4 is 57.5 Å². The number of fused-ring (bicyclic) bond motifs is 2. The lowest BCUT2D eigenvalue weighted by molar-refractivity contribution is -0.139. The molecule has 0 saturated carbocycles. The number of carbonyl (C=O) groups is 1. The fourth-order valence-electron chi connectivity index (χ4n) is 5.65. The number of esters is 1. The predicted octanol–water partition coefficient (Wildman–Crippen LogP) is 6.72. The largest absolute Gasteiger partial charge is 0.463 e. The Balaban J connectivity index is 1.54. The summed E-state index contributed by atoms with van der Waals surface area (Å²) in [5.41, 5.74) is 6.65. The van der Waals surface area contributed by atoms with Crippen LogP contribution in [0.3, 0.4) is 0 Å². The maximum atomic E-state index is 14.2. The second kappa shape index (κ2) is 11.6. The van der Waals surface area contributed by atoms with E-state index in [-0.39, 0.29) is 12.2 Å². The second-order valence-electron chi connectivity index (χ2n) is 10.6. The molecule has 0 bridgehead atoms. The van der Waals surface area contributed by atoms with Gasteiger partial charge in [0, 0.05) is 28.7 Å². The van der Waals surface area contributed by atoms with Crippen LogP contribution >= 0.6 is 34.5 Å². The third-order valence-electron chi connectivity index (χ3n) is 7.79. The molecule has 43 heavy (non-hydrogen) atoms. The zero-order chi connectivity index (χ0) is 30.4. The van der Waals surface area contributed by atoms with Crippen LogP contribution < -0.4 is 14.9 Å². The Labute approximate surface area is 262 Å². The SMILES string of the molecule is CCOC(=O)C1=C(C)N=c2s/c(=C\c3c(C)n(Cc4ccc(Cl)c(Cl)c4)c4ccccc34)c(=O)n2[C@@H]1c1ccc(C)cc1. The number of halogens is 2. The van der Waals surface area contributed by atoms with Gasteiger partial charge in [-0.1, -0.05) is 88.6 Å². The molecule has 0 aliphatic carbocycles. The van der Waals surface area contributed by atoms with Crippen LogP contribution in [0.1, 0.15) is 47.8 Å². The number of ether oxygens (including phenoxy) is 1. The zero-order valence-electron chi connectivity index (χ0n) is 24.2. The molecular formula is C34H29Cl2N3O3S. The number of thiazole rings is 1. The molecule has 6 nitrogen and oxygen atoms in total. The molecule has 0 fully saturated rings. The summed E-state index contributed by atoms with van der Waals surface area (Å²) >= 11 is 13.8. The van der Waals surface area contributed by atoms with Crippen LogP contribution in [0, 0.1) is 13.8 Å².